The number of hydrogen-bond donors (Lipinski definition) is 1. The van der Waals surface area contributed by atoms with Crippen LogP contribution in [0.4, 0.5) is 5.82 Å². The van der Waals surface area contributed by atoms with E-state index in [0.717, 1.165) is 30.5 Å². The van der Waals surface area contributed by atoms with Gasteiger partial charge in [-0.15, -0.1) is 0 Å². The van der Waals surface area contributed by atoms with Gasteiger partial charge in [0.1, 0.15) is 5.82 Å². The molecule has 3 rings (SSSR count). The third-order valence-electron chi connectivity index (χ3n) is 3.55. The lowest BCUT2D eigenvalue weighted by molar-refractivity contribution is 0.227. The first-order valence-corrected chi connectivity index (χ1v) is 5.61. The minimum Gasteiger partial charge on any atom is -0.350 e. The van der Waals surface area contributed by atoms with E-state index >= 15 is 0 Å². The fraction of sp³-hybridized carbons (Fsp3) is 0.636. The molecule has 1 N–H and O–H groups in total. The van der Waals surface area contributed by atoms with Gasteiger partial charge in [-0.2, -0.15) is 0 Å². The van der Waals surface area contributed by atoms with E-state index in [2.05, 4.69) is 20.2 Å². The van der Waals surface area contributed by atoms with Crippen molar-refractivity contribution in [1.29, 1.82) is 0 Å². The van der Waals surface area contributed by atoms with E-state index in [1.54, 1.807) is 12.4 Å². The van der Waals surface area contributed by atoms with E-state index in [1.165, 1.54) is 13.0 Å². The third kappa shape index (κ3) is 1.40. The third-order valence-corrected chi connectivity index (χ3v) is 3.55. The molecule has 0 spiro atoms. The molecule has 1 aromatic rings. The van der Waals surface area contributed by atoms with Gasteiger partial charge < -0.3 is 10.2 Å². The largest absolute Gasteiger partial charge is 0.350 e. The summed E-state index contributed by atoms with van der Waals surface area (Å²) >= 11 is 0. The van der Waals surface area contributed by atoms with Crippen LogP contribution in [0.3, 0.4) is 0 Å². The Labute approximate surface area is 89.7 Å². The molecule has 4 heteroatoms. The Hall–Kier alpha value is -1.16. The molecule has 0 amide bonds. The van der Waals surface area contributed by atoms with Gasteiger partial charge in [-0.05, 0) is 25.8 Å². The maximum atomic E-state index is 4.43. The van der Waals surface area contributed by atoms with Crippen LogP contribution >= 0.6 is 0 Å². The predicted octanol–water partition coefficient (Wildman–Crippen LogP) is 0.583. The summed E-state index contributed by atoms with van der Waals surface area (Å²) in [5.74, 6) is 1.94. The Balaban J connectivity index is 1.82. The number of piperidine rings is 1. The number of nitrogens with one attached hydrogen (secondary N) is 1. The lowest BCUT2D eigenvalue weighted by Crippen LogP contribution is -2.64. The molecule has 15 heavy (non-hydrogen) atoms. The van der Waals surface area contributed by atoms with Crippen LogP contribution in [0.15, 0.2) is 12.4 Å². The molecule has 2 aliphatic heterocycles. The van der Waals surface area contributed by atoms with Gasteiger partial charge in [0.2, 0.25) is 0 Å². The monoisotopic (exact) mass is 204 g/mol. The first-order valence-electron chi connectivity index (χ1n) is 5.61. The van der Waals surface area contributed by atoms with Crippen molar-refractivity contribution in [2.75, 3.05) is 24.5 Å². The molecule has 0 saturated carbocycles. The molecule has 2 atom stereocenters. The zero-order chi connectivity index (χ0) is 10.3. The molecule has 3 heterocycles. The Bertz CT molecular complexity index is 365. The fourth-order valence-electron chi connectivity index (χ4n) is 2.65. The highest BCUT2D eigenvalue weighted by Gasteiger charge is 2.41. The number of aromatic nitrogens is 2. The van der Waals surface area contributed by atoms with Crippen LogP contribution in [0, 0.1) is 12.8 Å². The minimum atomic E-state index is 0.647. The van der Waals surface area contributed by atoms with Gasteiger partial charge in [0.05, 0.1) is 5.69 Å². The molecule has 80 valence electrons. The SMILES string of the molecule is Cc1nccnc1N1CC2CCNCC21. The highest BCUT2D eigenvalue weighted by molar-refractivity contribution is 5.47. The Kier molecular flexibility index (Phi) is 2.09. The van der Waals surface area contributed by atoms with Crippen molar-refractivity contribution < 1.29 is 0 Å². The second kappa shape index (κ2) is 3.45. The number of anilines is 1. The Morgan fingerprint density at radius 2 is 2.27 bits per heavy atom. The van der Waals surface area contributed by atoms with E-state index in [4.69, 9.17) is 0 Å². The zero-order valence-electron chi connectivity index (χ0n) is 8.98. The summed E-state index contributed by atoms with van der Waals surface area (Å²) in [6.07, 6.45) is 4.85. The molecule has 4 nitrogen and oxygen atoms in total. The fourth-order valence-corrected chi connectivity index (χ4v) is 2.65. The van der Waals surface area contributed by atoms with Gasteiger partial charge in [-0.3, -0.25) is 4.98 Å². The predicted molar refractivity (Wildman–Crippen MR) is 58.9 cm³/mol. The molecule has 0 aliphatic carbocycles. The van der Waals surface area contributed by atoms with Crippen LogP contribution < -0.4 is 10.2 Å². The van der Waals surface area contributed by atoms with Crippen molar-refractivity contribution in [3.8, 4) is 0 Å². The summed E-state index contributed by atoms with van der Waals surface area (Å²) in [6.45, 7) is 5.47. The van der Waals surface area contributed by atoms with E-state index in [0.29, 0.717) is 6.04 Å². The smallest absolute Gasteiger partial charge is 0.150 e. The van der Waals surface area contributed by atoms with Crippen molar-refractivity contribution >= 4 is 5.82 Å². The van der Waals surface area contributed by atoms with Gasteiger partial charge in [0, 0.05) is 31.5 Å². The highest BCUT2D eigenvalue weighted by atomic mass is 15.3. The normalized spacial score (nSPS) is 29.5. The van der Waals surface area contributed by atoms with E-state index in [9.17, 15) is 0 Å². The number of aryl methyl sites for hydroxylation is 1. The van der Waals surface area contributed by atoms with Crippen LogP contribution in [0.25, 0.3) is 0 Å². The van der Waals surface area contributed by atoms with E-state index in [-0.39, 0.29) is 0 Å². The molecule has 2 saturated heterocycles. The number of hydrogen-bond acceptors (Lipinski definition) is 4. The molecule has 1 aromatic heterocycles. The maximum Gasteiger partial charge on any atom is 0.150 e. The maximum absolute atomic E-state index is 4.43. The number of rotatable bonds is 1. The lowest BCUT2D eigenvalue weighted by Gasteiger charge is -2.51. The van der Waals surface area contributed by atoms with Gasteiger partial charge in [-0.25, -0.2) is 4.98 Å². The van der Waals surface area contributed by atoms with Crippen molar-refractivity contribution in [2.24, 2.45) is 5.92 Å². The van der Waals surface area contributed by atoms with Crippen molar-refractivity contribution in [1.82, 2.24) is 15.3 Å². The second-order valence-corrected chi connectivity index (χ2v) is 4.44. The molecule has 2 aliphatic rings. The first kappa shape index (κ1) is 9.09. The molecular weight excluding hydrogens is 188 g/mol. The summed E-state index contributed by atoms with van der Waals surface area (Å²) in [5.41, 5.74) is 1.04. The minimum absolute atomic E-state index is 0.647. The van der Waals surface area contributed by atoms with Crippen LogP contribution in [-0.2, 0) is 0 Å². The van der Waals surface area contributed by atoms with Crippen LogP contribution in [0.1, 0.15) is 12.1 Å². The topological polar surface area (TPSA) is 41.1 Å². The average Bonchev–Trinajstić information content (AvgIpc) is 2.23. The Morgan fingerprint density at radius 3 is 3.07 bits per heavy atom. The average molecular weight is 204 g/mol. The van der Waals surface area contributed by atoms with Gasteiger partial charge in [0.25, 0.3) is 0 Å². The lowest BCUT2D eigenvalue weighted by atomic mass is 9.83. The summed E-state index contributed by atoms with van der Waals surface area (Å²) in [7, 11) is 0. The van der Waals surface area contributed by atoms with Crippen molar-refractivity contribution in [2.45, 2.75) is 19.4 Å². The summed E-state index contributed by atoms with van der Waals surface area (Å²) in [6, 6.07) is 0.647. The van der Waals surface area contributed by atoms with Crippen LogP contribution in [-0.4, -0.2) is 35.6 Å². The van der Waals surface area contributed by atoms with Gasteiger partial charge in [0.15, 0.2) is 0 Å². The summed E-state index contributed by atoms with van der Waals surface area (Å²) in [5, 5.41) is 3.45. The van der Waals surface area contributed by atoms with E-state index in [1.807, 2.05) is 6.92 Å². The van der Waals surface area contributed by atoms with Gasteiger partial charge in [-0.1, -0.05) is 0 Å². The zero-order valence-corrected chi connectivity index (χ0v) is 8.98. The second-order valence-electron chi connectivity index (χ2n) is 4.44. The molecule has 2 unspecified atom stereocenters. The number of fused-ring (bicyclic) bond motifs is 1. The van der Waals surface area contributed by atoms with Gasteiger partial charge >= 0.3 is 0 Å². The van der Waals surface area contributed by atoms with Crippen molar-refractivity contribution in [3.05, 3.63) is 18.1 Å². The molecule has 0 radical (unpaired) electrons. The Morgan fingerprint density at radius 1 is 1.40 bits per heavy atom. The summed E-state index contributed by atoms with van der Waals surface area (Å²) < 4.78 is 0. The standard InChI is InChI=1S/C11H16N4/c1-8-11(14-5-4-13-8)15-7-9-2-3-12-6-10(9)15/h4-5,9-10,12H,2-3,6-7H2,1H3. The molecule has 0 aromatic carbocycles. The highest BCUT2D eigenvalue weighted by Crippen LogP contribution is 2.33. The summed E-state index contributed by atoms with van der Waals surface area (Å²) in [4.78, 5) is 11.1. The van der Waals surface area contributed by atoms with Crippen molar-refractivity contribution in [3.63, 3.8) is 0 Å². The van der Waals surface area contributed by atoms with Crippen LogP contribution in [0.2, 0.25) is 0 Å². The first-order chi connectivity index (χ1) is 7.36. The van der Waals surface area contributed by atoms with E-state index < -0.39 is 0 Å². The molecular formula is C11H16N4. The van der Waals surface area contributed by atoms with Crippen LogP contribution in [0.5, 0.6) is 0 Å². The number of nitrogens with zero attached hydrogens (tertiary/aromatic N) is 3. The molecule has 2 fully saturated rings. The molecule has 0 bridgehead atoms. The quantitative estimate of drug-likeness (QED) is 0.726.